The molecule has 0 N–H and O–H groups in total. The van der Waals surface area contributed by atoms with Crippen LogP contribution in [0.3, 0.4) is 0 Å². The largest absolute Gasteiger partial charge is 0.196 e. The van der Waals surface area contributed by atoms with Gasteiger partial charge in [0.2, 0.25) is 0 Å². The van der Waals surface area contributed by atoms with Crippen LogP contribution in [-0.2, 0) is 7.05 Å². The van der Waals surface area contributed by atoms with E-state index < -0.39 is 0 Å². The molecule has 0 aliphatic carbocycles. The lowest BCUT2D eigenvalue weighted by atomic mass is 10.0. The fourth-order valence-corrected chi connectivity index (χ4v) is 3.27. The van der Waals surface area contributed by atoms with Crippen LogP contribution in [0, 0.1) is 6.92 Å². The van der Waals surface area contributed by atoms with E-state index in [1.807, 2.05) is 6.07 Å². The molecule has 0 aliphatic rings. The predicted molar refractivity (Wildman–Crippen MR) is 103 cm³/mol. The maximum absolute atomic E-state index is 2.26. The molecule has 0 fully saturated rings. The molecule has 1 aromatic heterocycles. The van der Waals surface area contributed by atoms with Gasteiger partial charge in [-0.25, -0.2) is 0 Å². The van der Waals surface area contributed by atoms with E-state index in [9.17, 15) is 0 Å². The van der Waals surface area contributed by atoms with Gasteiger partial charge in [-0.3, -0.25) is 0 Å². The number of nitrogens with zero attached hydrogens (tertiary/aromatic N) is 2. The normalized spacial score (nSPS) is 10.8. The molecule has 1 heterocycles. The van der Waals surface area contributed by atoms with E-state index in [-0.39, 0.29) is 0 Å². The molecule has 0 atom stereocenters. The van der Waals surface area contributed by atoms with Crippen molar-refractivity contribution in [1.82, 2.24) is 4.68 Å². The quantitative estimate of drug-likeness (QED) is 0.472. The Bertz CT molecular complexity index is 996. The zero-order valence-electron chi connectivity index (χ0n) is 14.6. The van der Waals surface area contributed by atoms with Gasteiger partial charge in [0, 0.05) is 11.6 Å². The molecular weight excluding hydrogens is 304 g/mol. The number of aromatic nitrogens is 2. The van der Waals surface area contributed by atoms with Gasteiger partial charge in [-0.1, -0.05) is 72.8 Å². The van der Waals surface area contributed by atoms with Gasteiger partial charge >= 0.3 is 0 Å². The number of aryl methyl sites for hydroxylation is 2. The molecule has 4 rings (SSSR count). The molecular formula is C23H21N2+. The molecule has 2 heteroatoms. The standard InChI is InChI=1S/C23H21N2/c1-18-8-6-7-11-22(18)25-23(16-17-24(25)2)21-14-12-20(13-15-21)19-9-4-3-5-10-19/h3-17H,1-2H3/q+1. The molecule has 0 aliphatic heterocycles. The Kier molecular flexibility index (Phi) is 3.95. The van der Waals surface area contributed by atoms with Crippen LogP contribution in [0.4, 0.5) is 0 Å². The van der Waals surface area contributed by atoms with Gasteiger partial charge in [0.25, 0.3) is 0 Å². The predicted octanol–water partition coefficient (Wildman–Crippen LogP) is 4.94. The zero-order valence-corrected chi connectivity index (χ0v) is 14.6. The molecule has 0 bridgehead atoms. The first kappa shape index (κ1) is 15.4. The summed E-state index contributed by atoms with van der Waals surface area (Å²) >= 11 is 0. The van der Waals surface area contributed by atoms with Crippen LogP contribution < -0.4 is 4.68 Å². The second kappa shape index (κ2) is 6.40. The highest BCUT2D eigenvalue weighted by atomic mass is 15.4. The van der Waals surface area contributed by atoms with Gasteiger partial charge in [-0.15, -0.1) is 9.36 Å². The van der Waals surface area contributed by atoms with E-state index >= 15 is 0 Å². The lowest BCUT2D eigenvalue weighted by molar-refractivity contribution is -0.743. The number of para-hydroxylation sites is 1. The Balaban J connectivity index is 1.78. The summed E-state index contributed by atoms with van der Waals surface area (Å²) in [6.45, 7) is 2.15. The van der Waals surface area contributed by atoms with Crippen molar-refractivity contribution in [3.05, 3.63) is 96.7 Å². The van der Waals surface area contributed by atoms with Crippen LogP contribution >= 0.6 is 0 Å². The third-order valence-corrected chi connectivity index (χ3v) is 4.62. The minimum atomic E-state index is 1.19. The molecule has 3 aromatic carbocycles. The van der Waals surface area contributed by atoms with Crippen molar-refractivity contribution in [2.75, 3.05) is 0 Å². The van der Waals surface area contributed by atoms with Crippen LogP contribution in [0.1, 0.15) is 5.56 Å². The SMILES string of the molecule is Cc1ccccc1-n1c(-c2ccc(-c3ccccc3)cc2)cc[n+]1C. The number of hydrogen-bond donors (Lipinski definition) is 0. The molecule has 0 spiro atoms. The Labute approximate surface area is 148 Å². The lowest BCUT2D eigenvalue weighted by Gasteiger charge is -2.09. The molecule has 0 saturated heterocycles. The highest BCUT2D eigenvalue weighted by molar-refractivity contribution is 5.69. The molecule has 0 amide bonds. The van der Waals surface area contributed by atoms with E-state index in [1.165, 1.54) is 33.6 Å². The first-order valence-corrected chi connectivity index (χ1v) is 8.53. The van der Waals surface area contributed by atoms with Crippen molar-refractivity contribution in [2.45, 2.75) is 6.92 Å². The fourth-order valence-electron chi connectivity index (χ4n) is 3.27. The second-order valence-corrected chi connectivity index (χ2v) is 6.32. The van der Waals surface area contributed by atoms with Crippen molar-refractivity contribution < 1.29 is 4.68 Å². The zero-order chi connectivity index (χ0) is 17.2. The number of rotatable bonds is 3. The number of benzene rings is 3. The van der Waals surface area contributed by atoms with Crippen molar-refractivity contribution in [2.24, 2.45) is 7.05 Å². The van der Waals surface area contributed by atoms with Crippen LogP contribution in [0.25, 0.3) is 28.1 Å². The van der Waals surface area contributed by atoms with E-state index in [0.717, 1.165) is 0 Å². The van der Waals surface area contributed by atoms with Crippen molar-refractivity contribution in [1.29, 1.82) is 0 Å². The lowest BCUT2D eigenvalue weighted by Crippen LogP contribution is -2.37. The van der Waals surface area contributed by atoms with Gasteiger partial charge in [-0.2, -0.15) is 0 Å². The van der Waals surface area contributed by atoms with Gasteiger partial charge in [0.15, 0.2) is 13.2 Å². The summed E-state index contributed by atoms with van der Waals surface area (Å²) in [7, 11) is 2.08. The summed E-state index contributed by atoms with van der Waals surface area (Å²) in [5, 5.41) is 0. The molecule has 4 aromatic rings. The third-order valence-electron chi connectivity index (χ3n) is 4.62. The maximum atomic E-state index is 2.26. The third kappa shape index (κ3) is 2.87. The summed E-state index contributed by atoms with van der Waals surface area (Å²) in [5.74, 6) is 0. The average molecular weight is 325 g/mol. The Morgan fingerprint density at radius 3 is 1.96 bits per heavy atom. The smallest absolute Gasteiger partial charge is 0.121 e. The molecule has 25 heavy (non-hydrogen) atoms. The van der Waals surface area contributed by atoms with Crippen molar-refractivity contribution >= 4 is 0 Å². The Morgan fingerprint density at radius 1 is 0.640 bits per heavy atom. The molecule has 0 saturated carbocycles. The van der Waals surface area contributed by atoms with Crippen LogP contribution in [0.5, 0.6) is 0 Å². The fraction of sp³-hybridized carbons (Fsp3) is 0.0870. The van der Waals surface area contributed by atoms with Crippen LogP contribution in [0.15, 0.2) is 91.1 Å². The van der Waals surface area contributed by atoms with E-state index in [1.54, 1.807) is 0 Å². The van der Waals surface area contributed by atoms with E-state index in [0.29, 0.717) is 0 Å². The molecule has 0 unspecified atom stereocenters. The second-order valence-electron chi connectivity index (χ2n) is 6.32. The first-order chi connectivity index (χ1) is 12.2. The van der Waals surface area contributed by atoms with Crippen molar-refractivity contribution in [3.63, 3.8) is 0 Å². The monoisotopic (exact) mass is 325 g/mol. The van der Waals surface area contributed by atoms with Gasteiger partial charge in [-0.05, 0) is 29.7 Å². The topological polar surface area (TPSA) is 8.81 Å². The van der Waals surface area contributed by atoms with Crippen LogP contribution in [0.2, 0.25) is 0 Å². The molecule has 2 nitrogen and oxygen atoms in total. The van der Waals surface area contributed by atoms with Gasteiger partial charge < -0.3 is 0 Å². The summed E-state index contributed by atoms with van der Waals surface area (Å²) in [4.78, 5) is 0. The maximum Gasteiger partial charge on any atom is 0.196 e. The van der Waals surface area contributed by atoms with Crippen LogP contribution in [-0.4, -0.2) is 4.68 Å². The van der Waals surface area contributed by atoms with Gasteiger partial charge in [0.1, 0.15) is 11.4 Å². The Hall–Kier alpha value is -3.13. The van der Waals surface area contributed by atoms with E-state index in [4.69, 9.17) is 0 Å². The molecule has 0 radical (unpaired) electrons. The highest BCUT2D eigenvalue weighted by Gasteiger charge is 2.16. The summed E-state index contributed by atoms with van der Waals surface area (Å²) in [5.41, 5.74) is 7.35. The average Bonchev–Trinajstić information content (AvgIpc) is 3.04. The summed E-state index contributed by atoms with van der Waals surface area (Å²) in [6.07, 6.45) is 2.10. The minimum Gasteiger partial charge on any atom is -0.121 e. The summed E-state index contributed by atoms with van der Waals surface area (Å²) in [6, 6.07) is 29.9. The Morgan fingerprint density at radius 2 is 1.24 bits per heavy atom. The first-order valence-electron chi connectivity index (χ1n) is 8.53. The van der Waals surface area contributed by atoms with Crippen molar-refractivity contribution in [3.8, 4) is 28.1 Å². The highest BCUT2D eigenvalue weighted by Crippen LogP contribution is 2.26. The summed E-state index contributed by atoms with van der Waals surface area (Å²) < 4.78 is 4.38. The minimum absolute atomic E-state index is 1.19. The number of hydrogen-bond acceptors (Lipinski definition) is 0. The van der Waals surface area contributed by atoms with Gasteiger partial charge in [0.05, 0.1) is 0 Å². The van der Waals surface area contributed by atoms with E-state index in [2.05, 4.69) is 108 Å². The molecule has 122 valence electrons.